The normalized spacial score (nSPS) is 10.0. The van der Waals surface area contributed by atoms with E-state index in [0.717, 1.165) is 20.9 Å². The first kappa shape index (κ1) is 31.8. The summed E-state index contributed by atoms with van der Waals surface area (Å²) in [4.78, 5) is 50.1. The van der Waals surface area contributed by atoms with E-state index in [-0.39, 0.29) is 11.9 Å². The van der Waals surface area contributed by atoms with Crippen LogP contribution in [-0.4, -0.2) is 38.1 Å². The summed E-state index contributed by atoms with van der Waals surface area (Å²) >= 11 is 2.62. The summed E-state index contributed by atoms with van der Waals surface area (Å²) in [5, 5.41) is 13.4. The van der Waals surface area contributed by atoms with Crippen molar-refractivity contribution in [1.29, 1.82) is 0 Å². The number of urea groups is 2. The van der Waals surface area contributed by atoms with Crippen molar-refractivity contribution in [2.75, 3.05) is 35.4 Å². The lowest BCUT2D eigenvalue weighted by atomic mass is 10.2. The van der Waals surface area contributed by atoms with Gasteiger partial charge in [-0.3, -0.25) is 4.79 Å². The summed E-state index contributed by atoms with van der Waals surface area (Å²) in [6.45, 7) is 7.70. The number of aryl methyl sites for hydroxylation is 4. The quantitative estimate of drug-likeness (QED) is 0.148. The summed E-state index contributed by atoms with van der Waals surface area (Å²) in [7, 11) is 2.88. The van der Waals surface area contributed by atoms with E-state index in [2.05, 4.69) is 26.6 Å². The van der Waals surface area contributed by atoms with Gasteiger partial charge in [-0.25, -0.2) is 14.4 Å². The van der Waals surface area contributed by atoms with Crippen LogP contribution in [-0.2, 0) is 4.74 Å². The number of rotatable bonds is 6. The lowest BCUT2D eigenvalue weighted by Gasteiger charge is -2.08. The van der Waals surface area contributed by atoms with Gasteiger partial charge in [0.25, 0.3) is 5.91 Å². The van der Waals surface area contributed by atoms with Gasteiger partial charge >= 0.3 is 18.0 Å². The number of hydrogen-bond acceptors (Lipinski definition) is 7. The SMILES string of the molecule is CNC(=O)c1sc(C)cc1NC(=O)Nc1ccc(C)cc1.COC(=O)c1sc(C)cc1NC(=O)Nc1ccc(C)cc1. The van der Waals surface area contributed by atoms with E-state index in [1.165, 1.54) is 29.8 Å². The van der Waals surface area contributed by atoms with Crippen LogP contribution < -0.4 is 26.6 Å². The number of carbonyl (C=O) groups is 4. The van der Waals surface area contributed by atoms with Crippen LogP contribution in [0.3, 0.4) is 0 Å². The molecule has 0 saturated heterocycles. The van der Waals surface area contributed by atoms with Crippen molar-refractivity contribution < 1.29 is 23.9 Å². The van der Waals surface area contributed by atoms with Gasteiger partial charge in [0.2, 0.25) is 0 Å². The number of ether oxygens (including phenoxy) is 1. The molecule has 0 radical (unpaired) electrons. The molecule has 0 aliphatic heterocycles. The van der Waals surface area contributed by atoms with Crippen molar-refractivity contribution in [2.24, 2.45) is 0 Å². The maximum Gasteiger partial charge on any atom is 0.350 e. The van der Waals surface area contributed by atoms with Gasteiger partial charge in [0.05, 0.1) is 18.5 Å². The van der Waals surface area contributed by atoms with Crippen LogP contribution in [0.5, 0.6) is 0 Å². The van der Waals surface area contributed by atoms with E-state index in [4.69, 9.17) is 4.74 Å². The molecule has 0 bridgehead atoms. The van der Waals surface area contributed by atoms with E-state index in [9.17, 15) is 19.2 Å². The molecule has 4 aromatic rings. The smallest absolute Gasteiger partial charge is 0.350 e. The molecule has 0 aliphatic rings. The summed E-state index contributed by atoms with van der Waals surface area (Å²) in [6, 6.07) is 17.7. The van der Waals surface area contributed by atoms with Gasteiger partial charge in [-0.15, -0.1) is 22.7 Å². The highest BCUT2D eigenvalue weighted by molar-refractivity contribution is 7.15. The van der Waals surface area contributed by atoms with Gasteiger partial charge < -0.3 is 31.3 Å². The number of carbonyl (C=O) groups excluding carboxylic acids is 4. The predicted octanol–water partition coefficient (Wildman–Crippen LogP) is 7.16. The fraction of sp³-hybridized carbons (Fsp3) is 0.200. The molecule has 0 fully saturated rings. The predicted molar refractivity (Wildman–Crippen MR) is 170 cm³/mol. The molecule has 12 heteroatoms. The Balaban J connectivity index is 0.000000230. The van der Waals surface area contributed by atoms with Crippen LogP contribution in [0, 0.1) is 27.7 Å². The van der Waals surface area contributed by atoms with Gasteiger partial charge in [0.1, 0.15) is 9.75 Å². The highest BCUT2D eigenvalue weighted by Gasteiger charge is 2.18. The van der Waals surface area contributed by atoms with Crippen LogP contribution in [0.1, 0.15) is 40.2 Å². The van der Waals surface area contributed by atoms with Crippen LogP contribution in [0.25, 0.3) is 0 Å². The zero-order valence-electron chi connectivity index (χ0n) is 24.1. The third-order valence-corrected chi connectivity index (χ3v) is 7.71. The Hall–Kier alpha value is -4.68. The zero-order chi connectivity index (χ0) is 30.8. The molecule has 0 unspecified atom stereocenters. The number of nitrogens with one attached hydrogen (secondary N) is 5. The summed E-state index contributed by atoms with van der Waals surface area (Å²) in [6.07, 6.45) is 0. The first-order valence-electron chi connectivity index (χ1n) is 12.8. The zero-order valence-corrected chi connectivity index (χ0v) is 25.8. The van der Waals surface area contributed by atoms with E-state index in [1.54, 1.807) is 19.2 Å². The van der Waals surface area contributed by atoms with Crippen molar-refractivity contribution in [3.8, 4) is 0 Å². The largest absolute Gasteiger partial charge is 0.465 e. The van der Waals surface area contributed by atoms with Crippen LogP contribution in [0.2, 0.25) is 0 Å². The van der Waals surface area contributed by atoms with Crippen LogP contribution in [0.4, 0.5) is 32.3 Å². The minimum atomic E-state index is -0.460. The standard InChI is InChI=1S/C15H17N3O2S.C15H16N2O3S/c1-9-4-6-11(7-5-9)17-15(20)18-12-8-10(2)21-13(12)14(19)16-3;1-9-4-6-11(7-5-9)16-15(19)17-12-8-10(2)21-13(12)14(18)20-3/h4-8H,1-3H3,(H,16,19)(H2,17,18,20);4-8H,1-3H3,(H2,16,17,19). The Morgan fingerprint density at radius 1 is 0.619 bits per heavy atom. The molecule has 5 N–H and O–H groups in total. The Bertz CT molecular complexity index is 1440. The molecule has 10 nitrogen and oxygen atoms in total. The molecule has 0 spiro atoms. The van der Waals surface area contributed by atoms with E-state index >= 15 is 0 Å². The van der Waals surface area contributed by atoms with Gasteiger partial charge in [0, 0.05) is 28.2 Å². The Kier molecular flexibility index (Phi) is 11.2. The number of methoxy groups -OCH3 is 1. The second-order valence-electron chi connectivity index (χ2n) is 9.16. The first-order valence-corrected chi connectivity index (χ1v) is 14.4. The molecule has 2 aromatic carbocycles. The number of benzene rings is 2. The summed E-state index contributed by atoms with van der Waals surface area (Å²) < 4.78 is 4.70. The summed E-state index contributed by atoms with van der Waals surface area (Å²) in [5.41, 5.74) is 4.59. The number of thiophene rings is 2. The lowest BCUT2D eigenvalue weighted by Crippen LogP contribution is -2.22. The molecule has 5 amide bonds. The number of esters is 1. The molecule has 220 valence electrons. The average Bonchev–Trinajstić information content (AvgIpc) is 3.51. The highest BCUT2D eigenvalue weighted by atomic mass is 32.1. The Morgan fingerprint density at radius 3 is 1.43 bits per heavy atom. The highest BCUT2D eigenvalue weighted by Crippen LogP contribution is 2.28. The maximum absolute atomic E-state index is 12.0. The summed E-state index contributed by atoms with van der Waals surface area (Å²) in [5.74, 6) is -0.669. The third-order valence-electron chi connectivity index (χ3n) is 5.63. The van der Waals surface area contributed by atoms with Crippen molar-refractivity contribution in [3.05, 3.63) is 91.3 Å². The van der Waals surface area contributed by atoms with Crippen molar-refractivity contribution in [2.45, 2.75) is 27.7 Å². The van der Waals surface area contributed by atoms with Crippen molar-refractivity contribution in [1.82, 2.24) is 5.32 Å². The van der Waals surface area contributed by atoms with Gasteiger partial charge in [0.15, 0.2) is 0 Å². The van der Waals surface area contributed by atoms with Crippen molar-refractivity contribution in [3.63, 3.8) is 0 Å². The van der Waals surface area contributed by atoms with Crippen LogP contribution in [0.15, 0.2) is 60.7 Å². The Morgan fingerprint density at radius 2 is 1.02 bits per heavy atom. The molecule has 2 aromatic heterocycles. The van der Waals surface area contributed by atoms with E-state index in [0.29, 0.717) is 32.5 Å². The first-order chi connectivity index (χ1) is 20.0. The number of anilines is 4. The maximum atomic E-state index is 12.0. The van der Waals surface area contributed by atoms with Crippen molar-refractivity contribution >= 4 is 69.4 Å². The number of hydrogen-bond donors (Lipinski definition) is 5. The number of amides is 5. The minimum Gasteiger partial charge on any atom is -0.465 e. The molecule has 0 atom stereocenters. The molecule has 42 heavy (non-hydrogen) atoms. The molecule has 0 aliphatic carbocycles. The molecular weight excluding hydrogens is 574 g/mol. The van der Waals surface area contributed by atoms with E-state index < -0.39 is 12.0 Å². The second-order valence-corrected chi connectivity index (χ2v) is 11.7. The van der Waals surface area contributed by atoms with E-state index in [1.807, 2.05) is 76.2 Å². The lowest BCUT2D eigenvalue weighted by molar-refractivity contribution is 0.0607. The van der Waals surface area contributed by atoms with Crippen LogP contribution >= 0.6 is 22.7 Å². The second kappa shape index (κ2) is 14.8. The molecule has 4 rings (SSSR count). The minimum absolute atomic E-state index is 0.210. The van der Waals surface area contributed by atoms with Gasteiger partial charge in [-0.1, -0.05) is 35.4 Å². The van der Waals surface area contributed by atoms with Gasteiger partial charge in [-0.05, 0) is 64.1 Å². The fourth-order valence-electron chi connectivity index (χ4n) is 3.58. The monoisotopic (exact) mass is 607 g/mol. The topological polar surface area (TPSA) is 138 Å². The Labute approximate surface area is 252 Å². The fourth-order valence-corrected chi connectivity index (χ4v) is 5.38. The van der Waals surface area contributed by atoms with Gasteiger partial charge in [-0.2, -0.15) is 0 Å². The average molecular weight is 608 g/mol. The molecule has 2 heterocycles. The third kappa shape index (κ3) is 9.18. The molecular formula is C30H33N5O5S2. The molecule has 0 saturated carbocycles.